The van der Waals surface area contributed by atoms with Gasteiger partial charge in [-0.3, -0.25) is 9.59 Å². The second-order valence-electron chi connectivity index (χ2n) is 4.02. The molecule has 0 heterocycles. The summed E-state index contributed by atoms with van der Waals surface area (Å²) in [6.45, 7) is 0. The van der Waals surface area contributed by atoms with Crippen LogP contribution in [0.4, 0.5) is 0 Å². The van der Waals surface area contributed by atoms with Gasteiger partial charge in [-0.1, -0.05) is 18.2 Å². The van der Waals surface area contributed by atoms with E-state index in [4.69, 9.17) is 0 Å². The van der Waals surface area contributed by atoms with Crippen molar-refractivity contribution in [3.05, 3.63) is 24.3 Å². The zero-order valence-corrected chi connectivity index (χ0v) is 9.96. The molecule has 0 bridgehead atoms. The van der Waals surface area contributed by atoms with E-state index < -0.39 is 6.10 Å². The average Bonchev–Trinajstić information content (AvgIpc) is 2.64. The molecule has 0 aromatic rings. The number of aliphatic hydroxyl groups is 1. The van der Waals surface area contributed by atoms with Crippen LogP contribution in [0.15, 0.2) is 24.3 Å². The Labute approximate surface area is 101 Å². The molecule has 0 spiro atoms. The van der Waals surface area contributed by atoms with Crippen LogP contribution in [0.3, 0.4) is 0 Å². The van der Waals surface area contributed by atoms with Crippen molar-refractivity contribution in [3.8, 4) is 0 Å². The van der Waals surface area contributed by atoms with Gasteiger partial charge < -0.3 is 9.84 Å². The fourth-order valence-corrected chi connectivity index (χ4v) is 1.75. The van der Waals surface area contributed by atoms with Crippen LogP contribution in [0.1, 0.15) is 25.7 Å². The molecule has 0 saturated heterocycles. The van der Waals surface area contributed by atoms with Crippen molar-refractivity contribution < 1.29 is 19.4 Å². The Balaban J connectivity index is 2.13. The largest absolute Gasteiger partial charge is 0.469 e. The van der Waals surface area contributed by atoms with E-state index in [0.717, 1.165) is 6.42 Å². The Hall–Kier alpha value is -1.42. The molecule has 1 aliphatic rings. The van der Waals surface area contributed by atoms with Crippen LogP contribution in [0.5, 0.6) is 0 Å². The van der Waals surface area contributed by atoms with Crippen molar-refractivity contribution in [1.82, 2.24) is 0 Å². The summed E-state index contributed by atoms with van der Waals surface area (Å²) in [6, 6.07) is 0. The van der Waals surface area contributed by atoms with Crippen LogP contribution >= 0.6 is 0 Å². The molecule has 0 amide bonds. The van der Waals surface area contributed by atoms with E-state index in [2.05, 4.69) is 4.74 Å². The van der Waals surface area contributed by atoms with E-state index in [1.165, 1.54) is 19.3 Å². The van der Waals surface area contributed by atoms with Crippen LogP contribution in [0, 0.1) is 5.92 Å². The third kappa shape index (κ3) is 4.53. The van der Waals surface area contributed by atoms with Gasteiger partial charge in [-0.05, 0) is 25.3 Å². The second kappa shape index (κ2) is 7.01. The molecule has 0 aromatic heterocycles. The van der Waals surface area contributed by atoms with Gasteiger partial charge in [0.25, 0.3) is 0 Å². The number of methoxy groups -OCH3 is 1. The zero-order chi connectivity index (χ0) is 12.7. The van der Waals surface area contributed by atoms with Crippen LogP contribution in [0.25, 0.3) is 0 Å². The summed E-state index contributed by atoms with van der Waals surface area (Å²) >= 11 is 0. The first kappa shape index (κ1) is 13.6. The van der Waals surface area contributed by atoms with Crippen LogP contribution in [-0.2, 0) is 14.3 Å². The molecular formula is C13H18O4. The molecule has 1 N–H and O–H groups in total. The molecular weight excluding hydrogens is 220 g/mol. The normalized spacial score (nSPS) is 23.5. The summed E-state index contributed by atoms with van der Waals surface area (Å²) in [7, 11) is 1.37. The predicted octanol–water partition coefficient (Wildman–Crippen LogP) is 1.39. The Morgan fingerprint density at radius 2 is 2.18 bits per heavy atom. The molecule has 0 aliphatic heterocycles. The molecule has 1 aliphatic carbocycles. The molecule has 0 aromatic carbocycles. The third-order valence-electron chi connectivity index (χ3n) is 2.79. The van der Waals surface area contributed by atoms with Crippen LogP contribution in [-0.4, -0.2) is 30.1 Å². The van der Waals surface area contributed by atoms with Gasteiger partial charge in [0.1, 0.15) is 0 Å². The van der Waals surface area contributed by atoms with Gasteiger partial charge in [0.15, 0.2) is 5.78 Å². The minimum absolute atomic E-state index is 0.000427. The highest BCUT2D eigenvalue weighted by molar-refractivity contribution is 5.94. The first-order valence-electron chi connectivity index (χ1n) is 5.77. The summed E-state index contributed by atoms with van der Waals surface area (Å²) in [5.74, 6) is -0.513. The molecule has 2 atom stereocenters. The molecule has 4 heteroatoms. The average molecular weight is 238 g/mol. The second-order valence-corrected chi connectivity index (χ2v) is 4.02. The fraction of sp³-hybridized carbons (Fsp3) is 0.538. The molecule has 0 unspecified atom stereocenters. The Bertz CT molecular complexity index is 330. The van der Waals surface area contributed by atoms with Crippen molar-refractivity contribution in [1.29, 1.82) is 0 Å². The molecule has 0 radical (unpaired) electrons. The summed E-state index contributed by atoms with van der Waals surface area (Å²) in [4.78, 5) is 22.1. The first-order valence-corrected chi connectivity index (χ1v) is 5.77. The predicted molar refractivity (Wildman–Crippen MR) is 63.3 cm³/mol. The number of rotatable bonds is 6. The number of hydrogen-bond acceptors (Lipinski definition) is 4. The molecule has 0 fully saturated rings. The summed E-state index contributed by atoms with van der Waals surface area (Å²) in [5, 5.41) is 9.47. The SMILES string of the molecule is COC(=O)CC/C=C\CC[C@@H]1C(=O)C=C[C@H]1O. The number of allylic oxidation sites excluding steroid dienone is 3. The number of aliphatic hydroxyl groups excluding tert-OH is 1. The van der Waals surface area contributed by atoms with Gasteiger partial charge in [-0.25, -0.2) is 0 Å². The quantitative estimate of drug-likeness (QED) is 0.561. The van der Waals surface area contributed by atoms with Gasteiger partial charge in [0.2, 0.25) is 0 Å². The standard InChI is InChI=1S/C13H18O4/c1-17-13(16)7-5-3-2-4-6-10-11(14)8-9-12(10)15/h2-3,8-11,14H,4-7H2,1H3/b3-2-/t10-,11+/m0/s1. The van der Waals surface area contributed by atoms with E-state index in [1.54, 1.807) is 0 Å². The highest BCUT2D eigenvalue weighted by Crippen LogP contribution is 2.20. The van der Waals surface area contributed by atoms with Crippen molar-refractivity contribution in [2.24, 2.45) is 5.92 Å². The molecule has 4 nitrogen and oxygen atoms in total. The molecule has 17 heavy (non-hydrogen) atoms. The molecule has 1 rings (SSSR count). The Morgan fingerprint density at radius 3 is 2.76 bits per heavy atom. The third-order valence-corrected chi connectivity index (χ3v) is 2.79. The van der Waals surface area contributed by atoms with Gasteiger partial charge in [-0.15, -0.1) is 0 Å². The van der Waals surface area contributed by atoms with Crippen LogP contribution < -0.4 is 0 Å². The minimum atomic E-state index is -0.633. The van der Waals surface area contributed by atoms with E-state index >= 15 is 0 Å². The zero-order valence-electron chi connectivity index (χ0n) is 9.96. The number of ketones is 1. The highest BCUT2D eigenvalue weighted by Gasteiger charge is 2.27. The van der Waals surface area contributed by atoms with E-state index in [0.29, 0.717) is 19.3 Å². The lowest BCUT2D eigenvalue weighted by Gasteiger charge is -2.10. The summed E-state index contributed by atoms with van der Waals surface area (Å²) in [5.41, 5.74) is 0. The van der Waals surface area contributed by atoms with Gasteiger partial charge >= 0.3 is 5.97 Å². The van der Waals surface area contributed by atoms with E-state index in [1.807, 2.05) is 12.2 Å². The van der Waals surface area contributed by atoms with Gasteiger partial charge in [0.05, 0.1) is 19.1 Å². The number of esters is 1. The van der Waals surface area contributed by atoms with Crippen LogP contribution in [0.2, 0.25) is 0 Å². The van der Waals surface area contributed by atoms with Gasteiger partial charge in [-0.2, -0.15) is 0 Å². The maximum atomic E-state index is 11.3. The first-order chi connectivity index (χ1) is 8.15. The lowest BCUT2D eigenvalue weighted by atomic mass is 9.97. The van der Waals surface area contributed by atoms with Crippen molar-refractivity contribution in [2.45, 2.75) is 31.8 Å². The summed E-state index contributed by atoms with van der Waals surface area (Å²) < 4.78 is 4.51. The number of ether oxygens (including phenoxy) is 1. The summed E-state index contributed by atoms with van der Waals surface area (Å²) in [6.07, 6.45) is 8.57. The van der Waals surface area contributed by atoms with E-state index in [9.17, 15) is 14.7 Å². The number of hydrogen-bond donors (Lipinski definition) is 1. The maximum absolute atomic E-state index is 11.3. The molecule has 0 saturated carbocycles. The number of carbonyl (C=O) groups is 2. The highest BCUT2D eigenvalue weighted by atomic mass is 16.5. The van der Waals surface area contributed by atoms with Crippen molar-refractivity contribution >= 4 is 11.8 Å². The fourth-order valence-electron chi connectivity index (χ4n) is 1.75. The van der Waals surface area contributed by atoms with Crippen molar-refractivity contribution in [2.75, 3.05) is 7.11 Å². The van der Waals surface area contributed by atoms with E-state index in [-0.39, 0.29) is 17.7 Å². The lowest BCUT2D eigenvalue weighted by molar-refractivity contribution is -0.140. The minimum Gasteiger partial charge on any atom is -0.469 e. The Kier molecular flexibility index (Phi) is 5.63. The smallest absolute Gasteiger partial charge is 0.305 e. The molecule has 94 valence electrons. The monoisotopic (exact) mass is 238 g/mol. The van der Waals surface area contributed by atoms with Crippen molar-refractivity contribution in [3.63, 3.8) is 0 Å². The maximum Gasteiger partial charge on any atom is 0.305 e. The lowest BCUT2D eigenvalue weighted by Crippen LogP contribution is -2.19. The van der Waals surface area contributed by atoms with Gasteiger partial charge in [0, 0.05) is 6.42 Å². The number of carbonyl (C=O) groups excluding carboxylic acids is 2. The Morgan fingerprint density at radius 1 is 1.47 bits per heavy atom. The topological polar surface area (TPSA) is 63.6 Å².